The first-order valence-electron chi connectivity index (χ1n) is 34.9. The number of nitrogens with two attached hydrogens (primary N) is 1. The molecule has 8 aromatic rings. The van der Waals surface area contributed by atoms with E-state index in [-0.39, 0.29) is 36.5 Å². The van der Waals surface area contributed by atoms with Gasteiger partial charge in [-0.2, -0.15) is 34.5 Å². The van der Waals surface area contributed by atoms with Gasteiger partial charge in [-0.15, -0.1) is 6.42 Å². The molecular formula is C57H82FN15O44P12. The molecule has 4 saturated carbocycles. The van der Waals surface area contributed by atoms with E-state index in [0.717, 1.165) is 0 Å². The Bertz CT molecular complexity index is 6290. The van der Waals surface area contributed by atoms with Gasteiger partial charge in [-0.1, -0.05) is 39.7 Å². The van der Waals surface area contributed by atoms with Crippen LogP contribution in [0, 0.1) is 85.8 Å². The minimum Gasteiger partial charge on any atom is -0.396 e. The number of terminal acetylenes is 1. The molecule has 59 nitrogen and oxygen atoms in total. The van der Waals surface area contributed by atoms with E-state index in [9.17, 15) is 119 Å². The first-order chi connectivity index (χ1) is 58.7. The van der Waals surface area contributed by atoms with E-state index in [1.165, 1.54) is 55.7 Å². The fourth-order valence-electron chi connectivity index (χ4n) is 14.3. The van der Waals surface area contributed by atoms with Crippen LogP contribution in [0.4, 0.5) is 10.2 Å². The smallest absolute Gasteiger partial charge is 0.396 e. The topological polar surface area (TPSA) is 895 Å². The number of hydrogen-bond donors (Lipinski definition) is 21. The minimum absolute atomic E-state index is 0. The van der Waals surface area contributed by atoms with Crippen LogP contribution in [0.2, 0.25) is 0 Å². The summed E-state index contributed by atoms with van der Waals surface area (Å²) in [5, 5.41) is 40.6. The Kier molecular flexibility index (Phi) is 34.1. The summed E-state index contributed by atoms with van der Waals surface area (Å²) in [7, 11) is -65.9. The minimum atomic E-state index is -5.69. The van der Waals surface area contributed by atoms with Crippen molar-refractivity contribution >= 4 is 144 Å². The molecule has 21 atom stereocenters. The van der Waals surface area contributed by atoms with Gasteiger partial charge in [0.15, 0.2) is 17.1 Å². The second-order valence-corrected chi connectivity index (χ2v) is 45.3. The summed E-state index contributed by atoms with van der Waals surface area (Å²) in [6.07, 6.45) is 15.7. The summed E-state index contributed by atoms with van der Waals surface area (Å²) in [6.45, 7) is 18.3. The number of aryl methyl sites for hydroxylation is 3. The lowest BCUT2D eigenvalue weighted by molar-refractivity contribution is 0.00190. The van der Waals surface area contributed by atoms with Gasteiger partial charge < -0.3 is 123 Å². The van der Waals surface area contributed by atoms with Gasteiger partial charge in [0.25, 0.3) is 0 Å². The lowest BCUT2D eigenvalue weighted by Gasteiger charge is -2.53. The highest BCUT2D eigenvalue weighted by Gasteiger charge is 2.60. The molecule has 0 aliphatic heterocycles. The van der Waals surface area contributed by atoms with Crippen molar-refractivity contribution in [3.63, 3.8) is 0 Å². The Morgan fingerprint density at radius 2 is 0.822 bits per heavy atom. The van der Waals surface area contributed by atoms with Crippen LogP contribution in [0.5, 0.6) is 0 Å². The Labute approximate surface area is 724 Å². The van der Waals surface area contributed by atoms with Gasteiger partial charge in [0, 0.05) is 67.0 Å². The summed E-state index contributed by atoms with van der Waals surface area (Å²) >= 11 is 0. The molecule has 4 fully saturated rings. The number of hydrogen-bond acceptors (Lipinski definition) is 39. The van der Waals surface area contributed by atoms with Crippen molar-refractivity contribution < 1.29 is 210 Å². The van der Waals surface area contributed by atoms with Crippen LogP contribution < -0.4 is 5.73 Å². The number of nitrogens with zero attached hydrogens (tertiary/aromatic N) is 14. The second kappa shape index (κ2) is 40.5. The van der Waals surface area contributed by atoms with Crippen LogP contribution in [-0.2, 0) is 107 Å². The number of phosphoric ester groups is 4. The maximum atomic E-state index is 14.4. The molecule has 8 heterocycles. The van der Waals surface area contributed by atoms with E-state index < -0.39 is 216 Å². The number of fused-ring (bicyclic) bond motifs is 4. The van der Waals surface area contributed by atoms with Crippen LogP contribution in [-0.4, -0.2) is 219 Å². The third-order valence-electron chi connectivity index (χ3n) is 19.6. The molecule has 12 rings (SSSR count). The van der Waals surface area contributed by atoms with Crippen molar-refractivity contribution in [3.05, 3.63) is 128 Å². The zero-order chi connectivity index (χ0) is 96.1. The Balaban J connectivity index is 0.000000212. The van der Waals surface area contributed by atoms with Crippen LogP contribution in [0.15, 0.2) is 105 Å². The highest BCUT2D eigenvalue weighted by molar-refractivity contribution is 7.68. The van der Waals surface area contributed by atoms with Crippen molar-refractivity contribution in [2.45, 2.75) is 65.4 Å². The quantitative estimate of drug-likeness (QED) is 0.0141. The molecule has 72 heteroatoms. The number of nitrogen functional groups attached to an aromatic ring is 1. The summed E-state index contributed by atoms with van der Waals surface area (Å²) in [5.41, 5.74) is 10.3. The summed E-state index contributed by atoms with van der Waals surface area (Å²) in [6, 6.07) is -0.521. The molecule has 0 bridgehead atoms. The van der Waals surface area contributed by atoms with Gasteiger partial charge in [-0.25, -0.2) is 109 Å². The fraction of sp³-hybridized carbons (Fsp3) is 0.439. The largest absolute Gasteiger partial charge is 0.490 e. The Hall–Kier alpha value is -5.93. The van der Waals surface area contributed by atoms with Crippen molar-refractivity contribution in [3.8, 4) is 12.3 Å². The molecule has 9 unspecified atom stereocenters. The third-order valence-corrected chi connectivity index (χ3v) is 34.8. The molecule has 0 aromatic carbocycles. The van der Waals surface area contributed by atoms with E-state index in [2.05, 4.69) is 126 Å². The lowest BCUT2D eigenvalue weighted by atomic mass is 9.54. The Morgan fingerprint density at radius 1 is 0.465 bits per heavy atom. The number of aliphatic hydroxyl groups excluding tert-OH is 4. The van der Waals surface area contributed by atoms with Gasteiger partial charge in [0.1, 0.15) is 53.5 Å². The number of imidazole rings is 2. The molecule has 8 aromatic heterocycles. The van der Waals surface area contributed by atoms with Gasteiger partial charge in [-0.3, -0.25) is 18.1 Å². The number of halogens is 1. The molecule has 0 spiro atoms. The summed E-state index contributed by atoms with van der Waals surface area (Å²) < 4.78 is 205. The average Bonchev–Trinajstić information content (AvgIpc) is 1.66. The summed E-state index contributed by atoms with van der Waals surface area (Å²) in [5.74, 6) is -2.62. The normalized spacial score (nSPS) is 25.9. The molecule has 0 amide bonds. The highest BCUT2D eigenvalue weighted by atomic mass is 31.3. The van der Waals surface area contributed by atoms with Crippen LogP contribution >= 0.6 is 93.9 Å². The number of phosphoric acid groups is 12. The zero-order valence-corrected chi connectivity index (χ0v) is 76.0. The van der Waals surface area contributed by atoms with Crippen LogP contribution in [0.3, 0.4) is 0 Å². The van der Waals surface area contributed by atoms with Crippen molar-refractivity contribution in [1.82, 2.24) is 68.1 Å². The van der Waals surface area contributed by atoms with Crippen LogP contribution in [0.25, 0.3) is 44.4 Å². The average molecular weight is 2070 g/mol. The monoisotopic (exact) mass is 2070 g/mol. The zero-order valence-electron chi connectivity index (χ0n) is 65.3. The van der Waals surface area contributed by atoms with E-state index in [0.29, 0.717) is 67.2 Å². The predicted molar refractivity (Wildman–Crippen MR) is 432 cm³/mol. The number of aromatic nitrogens is 14. The number of aliphatic hydroxyl groups is 4. The molecule has 0 radical (unpaired) electrons. The van der Waals surface area contributed by atoms with E-state index >= 15 is 0 Å². The second-order valence-electron chi connectivity index (χ2n) is 27.6. The van der Waals surface area contributed by atoms with Gasteiger partial charge in [0.2, 0.25) is 0 Å². The molecule has 0 saturated heterocycles. The van der Waals surface area contributed by atoms with Crippen molar-refractivity contribution in [1.29, 1.82) is 0 Å². The molecule has 4 aliphatic rings. The van der Waals surface area contributed by atoms with Crippen LogP contribution in [0.1, 0.15) is 55.6 Å². The van der Waals surface area contributed by atoms with Gasteiger partial charge >= 0.3 is 93.9 Å². The lowest BCUT2D eigenvalue weighted by Crippen LogP contribution is -2.54. The SMILES string of the molecule is C.C#C[C@]1(COP(=O)(O)OP(=O)(O)OP(=O)(O)O)C(=C)[C@@H](n2cnc3c(C)ncnc32)[C@@H]1CO.C=C1[C@@H](n2cc(F)c3c(C)ncnc32)[C@H](CO)[C@H]1COP(=O)(O)OP(=O)(O)OP(=O)(O)O.C=C1[C@@H](n2ccc3c(N)ncnc32)[C@H](CO)[C@H]1COP(=O)(O)OP(=O)(O)OP(=O)(O)O.C=C1[C@@H](n2cnc3c(C)ncnc32)[C@H](C(C)O)[C@H]1COP(=O)(O)OP(=O)(O)OP(=O)(O)O. The van der Waals surface area contributed by atoms with E-state index in [1.807, 2.05) is 0 Å². The first-order valence-corrected chi connectivity index (χ1v) is 53.0. The molecular weight excluding hydrogens is 1990 g/mol. The first kappa shape index (κ1) is 108. The van der Waals surface area contributed by atoms with Crippen molar-refractivity contribution in [2.75, 3.05) is 52.0 Å². The summed E-state index contributed by atoms with van der Waals surface area (Å²) in [4.78, 5) is 185. The fourth-order valence-corrected chi connectivity index (χ4v) is 26.5. The number of anilines is 1. The van der Waals surface area contributed by atoms with E-state index in [4.69, 9.17) is 60.4 Å². The molecule has 716 valence electrons. The molecule has 4 aliphatic carbocycles. The third kappa shape index (κ3) is 26.2. The molecule has 22 N–H and O–H groups in total. The van der Waals surface area contributed by atoms with Crippen molar-refractivity contribution in [2.24, 2.45) is 46.8 Å². The predicted octanol–water partition coefficient (Wildman–Crippen LogP) is 4.91. The maximum Gasteiger partial charge on any atom is 0.490 e. The highest BCUT2D eigenvalue weighted by Crippen LogP contribution is 2.72. The maximum absolute atomic E-state index is 14.4. The standard InChI is InChI=1S/C15H19N4O11P3.C14H19FN3O11P3.C14H21N4O11P3.C13H19N4O11P3.CH4/c1-4-15(6-28-32(24,25)30-33(26,27)29-31(21,22)23)9(2)13(11(15)5-20)19-8-18-12-10(3)16-7-17-14(12)19;1-7-10(5-27-31(23,24)29-32(25,26)28-30(20,21)22)9(4-19)13(7)18-3-11(15)12-8(2)16-6-17-14(12)18;1-7-10(4-27-31(23,24)29-32(25,26)28-30(20,21)22)11(9(3)19)13(7)18-6-17-12-8(2)15-5-16-14(12)18;1-7-10(5-26-30(22,23)28-31(24,25)27-29(19,20)21)9(4-18)11(7)17-3-2-8-12(14)15-6-16-13(8)17;/h1,7-8,11,13,20H,2,5-6H2,3H3,(H,24,25)(H,26,27)(H2,21,22,23);3,6,9-10,13,19H,1,4-5H2,2H3,(H,23,24)(H,25,26)(H2,20,21,22);5-6,9-11,13,19H,1,4H2,2-3H3,(H,23,24)(H,25,26)(H2,20,21,22);2-3,6,9-11,18H,1,4-5H2,(H,22,23)(H,24,25)(H2,14,15,16)(H2,19,20,21);1H4/t11-,13+,15-;9-,10+,13-;9?,10-,11+,13+;9-,10+,11-;/m0101./s1. The van der Waals surface area contributed by atoms with Gasteiger partial charge in [0.05, 0.1) is 109 Å². The van der Waals surface area contributed by atoms with Gasteiger partial charge in [-0.05, 0) is 56.1 Å². The molecule has 129 heavy (non-hydrogen) atoms. The Morgan fingerprint density at radius 3 is 1.21 bits per heavy atom. The van der Waals surface area contributed by atoms with E-state index in [1.54, 1.807) is 46.7 Å². The number of rotatable bonds is 36.